The first-order chi connectivity index (χ1) is 20.6. The number of fused-ring (bicyclic) bond motifs is 2. The topological polar surface area (TPSA) is 9.23 Å². The molecule has 6 aromatic carbocycles. The fourth-order valence-electron chi connectivity index (χ4n) is 5.99. The van der Waals surface area contributed by atoms with E-state index in [-0.39, 0.29) is 5.41 Å². The average molecular weight is 579 g/mol. The van der Waals surface area contributed by atoms with E-state index in [4.69, 9.17) is 4.74 Å². The van der Waals surface area contributed by atoms with Gasteiger partial charge in [-0.25, -0.2) is 0 Å². The zero-order valence-electron chi connectivity index (χ0n) is 23.8. The van der Waals surface area contributed by atoms with Crippen molar-refractivity contribution in [3.8, 4) is 11.5 Å². The maximum Gasteiger partial charge on any atom is 0.139 e. The number of para-hydroxylation sites is 1. The Morgan fingerprint density at radius 3 is 1.40 bits per heavy atom. The standard InChI is InChI=1S/C39H32OP2/c1-39(2)34-27-26-33(41(29-16-7-3-8-17-29)30-18-9-4-10-19-30)28-36(34)40-38-35(39)24-15-25-37(38)42(31-20-11-5-12-21-31)32-22-13-6-14-23-32/h3-28H,1-2H3. The molecule has 0 amide bonds. The molecule has 42 heavy (non-hydrogen) atoms. The largest absolute Gasteiger partial charge is 0.456 e. The van der Waals surface area contributed by atoms with Gasteiger partial charge in [-0.1, -0.05) is 166 Å². The lowest BCUT2D eigenvalue weighted by Gasteiger charge is -2.37. The molecule has 204 valence electrons. The lowest BCUT2D eigenvalue weighted by molar-refractivity contribution is 0.422. The Balaban J connectivity index is 1.39. The summed E-state index contributed by atoms with van der Waals surface area (Å²) < 4.78 is 7.06. The van der Waals surface area contributed by atoms with Crippen LogP contribution in [0.4, 0.5) is 0 Å². The Kier molecular flexibility index (Phi) is 7.25. The van der Waals surface area contributed by atoms with Crippen LogP contribution < -0.4 is 36.6 Å². The van der Waals surface area contributed by atoms with Gasteiger partial charge in [-0.05, 0) is 48.4 Å². The molecule has 0 radical (unpaired) electrons. The fraction of sp³-hybridized carbons (Fsp3) is 0.0769. The van der Waals surface area contributed by atoms with E-state index in [1.54, 1.807) is 0 Å². The van der Waals surface area contributed by atoms with Gasteiger partial charge >= 0.3 is 0 Å². The molecule has 0 N–H and O–H groups in total. The van der Waals surface area contributed by atoms with E-state index in [1.165, 1.54) is 43.0 Å². The molecule has 1 nitrogen and oxygen atoms in total. The van der Waals surface area contributed by atoms with Crippen molar-refractivity contribution in [1.29, 1.82) is 0 Å². The van der Waals surface area contributed by atoms with Crippen molar-refractivity contribution in [2.75, 3.05) is 0 Å². The molecule has 1 aliphatic rings. The van der Waals surface area contributed by atoms with Gasteiger partial charge in [0.25, 0.3) is 0 Å². The van der Waals surface area contributed by atoms with Crippen LogP contribution in [0.25, 0.3) is 0 Å². The normalized spacial score (nSPS) is 13.3. The zero-order valence-corrected chi connectivity index (χ0v) is 25.6. The zero-order chi connectivity index (χ0) is 28.5. The minimum atomic E-state index is -0.805. The van der Waals surface area contributed by atoms with E-state index < -0.39 is 15.8 Å². The molecule has 0 spiro atoms. The SMILES string of the molecule is CC1(C)c2ccc(P(c3ccccc3)c3ccccc3)cc2Oc2c(P(c3ccccc3)c3ccccc3)cccc21. The Morgan fingerprint density at radius 1 is 0.429 bits per heavy atom. The van der Waals surface area contributed by atoms with Crippen LogP contribution in [0.15, 0.2) is 158 Å². The summed E-state index contributed by atoms with van der Waals surface area (Å²) in [4.78, 5) is 0. The maximum atomic E-state index is 7.06. The summed E-state index contributed by atoms with van der Waals surface area (Å²) in [6.07, 6.45) is 0. The van der Waals surface area contributed by atoms with Crippen LogP contribution in [-0.4, -0.2) is 0 Å². The van der Waals surface area contributed by atoms with Gasteiger partial charge in [0.15, 0.2) is 0 Å². The third-order valence-corrected chi connectivity index (χ3v) is 13.0. The van der Waals surface area contributed by atoms with Gasteiger partial charge in [0.05, 0.1) is 0 Å². The van der Waals surface area contributed by atoms with E-state index in [1.807, 2.05) is 0 Å². The first kappa shape index (κ1) is 26.9. The summed E-state index contributed by atoms with van der Waals surface area (Å²) in [7, 11) is -1.53. The quantitative estimate of drug-likeness (QED) is 0.185. The van der Waals surface area contributed by atoms with Crippen molar-refractivity contribution in [3.05, 3.63) is 169 Å². The van der Waals surface area contributed by atoms with Crippen LogP contribution in [0.2, 0.25) is 0 Å². The second kappa shape index (κ2) is 11.3. The summed E-state index contributed by atoms with van der Waals surface area (Å²) in [5.41, 5.74) is 2.28. The van der Waals surface area contributed by atoms with Crippen molar-refractivity contribution in [1.82, 2.24) is 0 Å². The summed E-state index contributed by atoms with van der Waals surface area (Å²) >= 11 is 0. The first-order valence-electron chi connectivity index (χ1n) is 14.4. The molecule has 1 heterocycles. The van der Waals surface area contributed by atoms with Crippen molar-refractivity contribution >= 4 is 47.7 Å². The molecule has 6 aromatic rings. The molecule has 3 heteroatoms. The van der Waals surface area contributed by atoms with Crippen LogP contribution in [0.1, 0.15) is 25.0 Å². The maximum absolute atomic E-state index is 7.06. The number of benzene rings is 6. The van der Waals surface area contributed by atoms with Gasteiger partial charge in [-0.2, -0.15) is 0 Å². The van der Waals surface area contributed by atoms with Crippen LogP contribution in [0, 0.1) is 0 Å². The predicted molar refractivity (Wildman–Crippen MR) is 182 cm³/mol. The molecular weight excluding hydrogens is 546 g/mol. The number of hydrogen-bond donors (Lipinski definition) is 0. The smallest absolute Gasteiger partial charge is 0.139 e. The van der Waals surface area contributed by atoms with Gasteiger partial charge in [0.2, 0.25) is 0 Å². The van der Waals surface area contributed by atoms with Crippen LogP contribution in [-0.2, 0) is 5.41 Å². The molecule has 1 aliphatic heterocycles. The summed E-state index contributed by atoms with van der Waals surface area (Å²) in [6, 6.07) is 57.2. The molecule has 0 bridgehead atoms. The second-order valence-corrected chi connectivity index (χ2v) is 15.5. The van der Waals surface area contributed by atoms with Crippen LogP contribution >= 0.6 is 15.8 Å². The highest BCUT2D eigenvalue weighted by atomic mass is 31.1. The highest BCUT2D eigenvalue weighted by Crippen LogP contribution is 2.50. The predicted octanol–water partition coefficient (Wildman–Crippen LogP) is 7.63. The Morgan fingerprint density at radius 2 is 0.905 bits per heavy atom. The van der Waals surface area contributed by atoms with Crippen LogP contribution in [0.3, 0.4) is 0 Å². The first-order valence-corrected chi connectivity index (χ1v) is 17.1. The fourth-order valence-corrected chi connectivity index (χ4v) is 10.7. The highest BCUT2D eigenvalue weighted by molar-refractivity contribution is 7.80. The summed E-state index contributed by atoms with van der Waals surface area (Å²) in [5, 5.41) is 7.89. The third kappa shape index (κ3) is 4.88. The van der Waals surface area contributed by atoms with Gasteiger partial charge in [-0.15, -0.1) is 0 Å². The van der Waals surface area contributed by atoms with Crippen LogP contribution in [0.5, 0.6) is 11.5 Å². The summed E-state index contributed by atoms with van der Waals surface area (Å²) in [5.74, 6) is 1.97. The molecule has 0 saturated carbocycles. The molecule has 0 unspecified atom stereocenters. The van der Waals surface area contributed by atoms with Crippen molar-refractivity contribution in [2.45, 2.75) is 19.3 Å². The van der Waals surface area contributed by atoms with Crippen molar-refractivity contribution in [3.63, 3.8) is 0 Å². The molecule has 0 atom stereocenters. The van der Waals surface area contributed by atoms with Gasteiger partial charge in [0, 0.05) is 21.8 Å². The van der Waals surface area contributed by atoms with E-state index in [0.717, 1.165) is 11.5 Å². The van der Waals surface area contributed by atoms with Crippen molar-refractivity contribution < 1.29 is 4.74 Å². The molecule has 0 aliphatic carbocycles. The Labute approximate surface area is 251 Å². The molecular formula is C39H32OP2. The molecule has 0 saturated heterocycles. The number of ether oxygens (including phenoxy) is 1. The summed E-state index contributed by atoms with van der Waals surface area (Å²) in [6.45, 7) is 4.67. The lowest BCUT2D eigenvalue weighted by atomic mass is 9.76. The highest BCUT2D eigenvalue weighted by Gasteiger charge is 2.37. The molecule has 0 fully saturated rings. The average Bonchev–Trinajstić information content (AvgIpc) is 3.04. The molecule has 0 aromatic heterocycles. The number of rotatable bonds is 6. The minimum Gasteiger partial charge on any atom is -0.456 e. The Bertz CT molecular complexity index is 1740. The van der Waals surface area contributed by atoms with E-state index in [0.29, 0.717) is 0 Å². The lowest BCUT2D eigenvalue weighted by Crippen LogP contribution is -2.30. The second-order valence-electron chi connectivity index (χ2n) is 11.1. The minimum absolute atomic E-state index is 0.200. The van der Waals surface area contributed by atoms with E-state index in [9.17, 15) is 0 Å². The van der Waals surface area contributed by atoms with Gasteiger partial charge in [0.1, 0.15) is 11.5 Å². The monoisotopic (exact) mass is 578 g/mol. The Hall–Kier alpha value is -4.02. The van der Waals surface area contributed by atoms with E-state index >= 15 is 0 Å². The van der Waals surface area contributed by atoms with Gasteiger partial charge < -0.3 is 4.74 Å². The number of hydrogen-bond acceptors (Lipinski definition) is 1. The van der Waals surface area contributed by atoms with E-state index in [2.05, 4.69) is 172 Å². The van der Waals surface area contributed by atoms with Gasteiger partial charge in [-0.3, -0.25) is 0 Å². The third-order valence-electron chi connectivity index (χ3n) is 8.07. The van der Waals surface area contributed by atoms with Crippen molar-refractivity contribution in [2.24, 2.45) is 0 Å². The molecule has 7 rings (SSSR count).